The van der Waals surface area contributed by atoms with Gasteiger partial charge in [-0.05, 0) is 63.1 Å². The van der Waals surface area contributed by atoms with Gasteiger partial charge in [0.05, 0.1) is 17.3 Å². The minimum Gasteiger partial charge on any atom is -0.307 e. The maximum Gasteiger partial charge on any atom is 0.418 e. The lowest BCUT2D eigenvalue weighted by molar-refractivity contribution is -0.138. The first-order valence-corrected chi connectivity index (χ1v) is 10.8. The molecular weight excluding hydrogens is 425 g/mol. The number of hydrogen-bond acceptors (Lipinski definition) is 5. The van der Waals surface area contributed by atoms with Crippen molar-refractivity contribution in [2.75, 3.05) is 10.7 Å². The number of rotatable bonds is 4. The Hall–Kier alpha value is -2.73. The van der Waals surface area contributed by atoms with E-state index in [4.69, 9.17) is 0 Å². The second kappa shape index (κ2) is 8.79. The van der Waals surface area contributed by atoms with Gasteiger partial charge in [-0.25, -0.2) is 0 Å². The van der Waals surface area contributed by atoms with Crippen molar-refractivity contribution >= 4 is 23.4 Å². The van der Waals surface area contributed by atoms with Gasteiger partial charge in [0.2, 0.25) is 0 Å². The second-order valence-electron chi connectivity index (χ2n) is 7.71. The zero-order chi connectivity index (χ0) is 22.9. The number of amides is 1. The van der Waals surface area contributed by atoms with Crippen LogP contribution in [0.25, 0.3) is 0 Å². The van der Waals surface area contributed by atoms with E-state index in [2.05, 4.69) is 4.98 Å². The SMILES string of the molecule is Cc1ccc(N(C(=O)C2SCC(c3ncccc3C(F)(F)F)N2C#N)C(C)C)cc1C. The highest BCUT2D eigenvalue weighted by atomic mass is 32.2. The van der Waals surface area contributed by atoms with Gasteiger partial charge in [0.25, 0.3) is 5.91 Å². The number of carbonyl (C=O) groups excluding carboxylic acids is 1. The molecule has 5 nitrogen and oxygen atoms in total. The first kappa shape index (κ1) is 22.9. The number of aryl methyl sites for hydroxylation is 2. The lowest BCUT2D eigenvalue weighted by atomic mass is 10.1. The average Bonchev–Trinajstić information content (AvgIpc) is 3.14. The lowest BCUT2D eigenvalue weighted by Gasteiger charge is -2.32. The number of carbonyl (C=O) groups is 1. The summed E-state index contributed by atoms with van der Waals surface area (Å²) in [5, 5.41) is 8.84. The molecule has 2 heterocycles. The summed E-state index contributed by atoms with van der Waals surface area (Å²) >= 11 is 1.16. The van der Waals surface area contributed by atoms with Crippen LogP contribution in [0.15, 0.2) is 36.5 Å². The third-order valence-corrected chi connectivity index (χ3v) is 6.56. The number of anilines is 1. The Kier molecular flexibility index (Phi) is 6.51. The van der Waals surface area contributed by atoms with Gasteiger partial charge in [-0.1, -0.05) is 6.07 Å². The van der Waals surface area contributed by atoms with E-state index in [0.29, 0.717) is 5.69 Å². The second-order valence-corrected chi connectivity index (χ2v) is 8.83. The quantitative estimate of drug-likeness (QED) is 0.612. The fourth-order valence-corrected chi connectivity index (χ4v) is 4.92. The number of aromatic nitrogens is 1. The molecule has 1 aliphatic heterocycles. The highest BCUT2D eigenvalue weighted by molar-refractivity contribution is 8.00. The van der Waals surface area contributed by atoms with E-state index in [0.717, 1.165) is 33.9 Å². The molecule has 0 saturated carbocycles. The molecule has 0 aliphatic carbocycles. The summed E-state index contributed by atoms with van der Waals surface area (Å²) in [5.41, 5.74) is 1.68. The largest absolute Gasteiger partial charge is 0.418 e. The van der Waals surface area contributed by atoms with Crippen LogP contribution in [0.3, 0.4) is 0 Å². The Labute approximate surface area is 183 Å². The molecule has 2 unspecified atom stereocenters. The Bertz CT molecular complexity index is 1020. The molecule has 1 saturated heterocycles. The van der Waals surface area contributed by atoms with Crippen molar-refractivity contribution in [2.24, 2.45) is 0 Å². The maximum atomic E-state index is 13.5. The molecule has 1 aromatic carbocycles. The van der Waals surface area contributed by atoms with Gasteiger partial charge in [0.15, 0.2) is 11.6 Å². The van der Waals surface area contributed by atoms with E-state index in [9.17, 15) is 23.2 Å². The predicted molar refractivity (Wildman–Crippen MR) is 114 cm³/mol. The normalized spacial score (nSPS) is 18.9. The Balaban J connectivity index is 1.96. The summed E-state index contributed by atoms with van der Waals surface area (Å²) in [5.74, 6) is -0.181. The number of pyridine rings is 1. The van der Waals surface area contributed by atoms with Crippen LogP contribution in [0.5, 0.6) is 0 Å². The molecule has 0 radical (unpaired) electrons. The number of nitrogens with zero attached hydrogens (tertiary/aromatic N) is 4. The number of thioether (sulfide) groups is 1. The van der Waals surface area contributed by atoms with Crippen molar-refractivity contribution in [2.45, 2.75) is 51.3 Å². The van der Waals surface area contributed by atoms with Gasteiger partial charge >= 0.3 is 6.18 Å². The van der Waals surface area contributed by atoms with Crippen LogP contribution < -0.4 is 4.90 Å². The summed E-state index contributed by atoms with van der Waals surface area (Å²) in [6.07, 6.45) is -1.38. The third-order valence-electron chi connectivity index (χ3n) is 5.31. The van der Waals surface area contributed by atoms with Crippen LogP contribution in [0.2, 0.25) is 0 Å². The van der Waals surface area contributed by atoms with Crippen molar-refractivity contribution in [3.8, 4) is 6.19 Å². The molecule has 1 amide bonds. The van der Waals surface area contributed by atoms with Gasteiger partial charge in [0.1, 0.15) is 0 Å². The fraction of sp³-hybridized carbons (Fsp3) is 0.409. The minimum atomic E-state index is -4.60. The Morgan fingerprint density at radius 2 is 2.00 bits per heavy atom. The molecule has 9 heteroatoms. The summed E-state index contributed by atoms with van der Waals surface area (Å²) in [7, 11) is 0. The van der Waals surface area contributed by atoms with Crippen molar-refractivity contribution < 1.29 is 18.0 Å². The highest BCUT2D eigenvalue weighted by Crippen LogP contribution is 2.43. The smallest absolute Gasteiger partial charge is 0.307 e. The van der Waals surface area contributed by atoms with Crippen molar-refractivity contribution in [1.29, 1.82) is 5.26 Å². The highest BCUT2D eigenvalue weighted by Gasteiger charge is 2.45. The molecule has 1 aromatic heterocycles. The number of benzene rings is 1. The number of alkyl halides is 3. The fourth-order valence-electron chi connectivity index (χ4n) is 3.63. The van der Waals surface area contributed by atoms with E-state index in [1.807, 2.05) is 52.1 Å². The van der Waals surface area contributed by atoms with E-state index in [1.54, 1.807) is 4.90 Å². The monoisotopic (exact) mass is 448 g/mol. The third kappa shape index (κ3) is 4.49. The lowest BCUT2D eigenvalue weighted by Crippen LogP contribution is -2.47. The molecule has 0 bridgehead atoms. The van der Waals surface area contributed by atoms with E-state index < -0.39 is 23.2 Å². The van der Waals surface area contributed by atoms with Crippen LogP contribution in [-0.4, -0.2) is 33.0 Å². The summed E-state index contributed by atoms with van der Waals surface area (Å²) in [6, 6.07) is 6.70. The van der Waals surface area contributed by atoms with Crippen LogP contribution in [0, 0.1) is 25.3 Å². The summed E-state index contributed by atoms with van der Waals surface area (Å²) in [4.78, 5) is 20.1. The molecule has 2 atom stereocenters. The van der Waals surface area contributed by atoms with Gasteiger partial charge < -0.3 is 4.90 Å². The van der Waals surface area contributed by atoms with Crippen LogP contribution in [0.1, 0.15) is 42.3 Å². The number of hydrogen-bond donors (Lipinski definition) is 0. The average molecular weight is 449 g/mol. The molecule has 3 rings (SSSR count). The molecule has 0 N–H and O–H groups in total. The first-order chi connectivity index (χ1) is 14.6. The van der Waals surface area contributed by atoms with E-state index in [1.165, 1.54) is 12.3 Å². The zero-order valence-corrected chi connectivity index (χ0v) is 18.5. The van der Waals surface area contributed by atoms with Crippen LogP contribution in [0.4, 0.5) is 18.9 Å². The number of nitriles is 1. The van der Waals surface area contributed by atoms with Crippen LogP contribution in [-0.2, 0) is 11.0 Å². The van der Waals surface area contributed by atoms with Gasteiger partial charge in [-0.2, -0.15) is 18.4 Å². The molecular formula is C22H23F3N4OS. The molecule has 2 aromatic rings. The van der Waals surface area contributed by atoms with Gasteiger partial charge in [-0.3, -0.25) is 14.7 Å². The maximum absolute atomic E-state index is 13.5. The van der Waals surface area contributed by atoms with Gasteiger partial charge in [0, 0.05) is 23.7 Å². The number of halogens is 3. The zero-order valence-electron chi connectivity index (χ0n) is 17.6. The Morgan fingerprint density at radius 3 is 2.58 bits per heavy atom. The Morgan fingerprint density at radius 1 is 1.29 bits per heavy atom. The first-order valence-electron chi connectivity index (χ1n) is 9.78. The van der Waals surface area contributed by atoms with Gasteiger partial charge in [-0.15, -0.1) is 11.8 Å². The van der Waals surface area contributed by atoms with Crippen molar-refractivity contribution in [3.63, 3.8) is 0 Å². The van der Waals surface area contributed by atoms with E-state index in [-0.39, 0.29) is 23.4 Å². The summed E-state index contributed by atoms with van der Waals surface area (Å²) in [6.45, 7) is 7.65. The topological polar surface area (TPSA) is 60.2 Å². The van der Waals surface area contributed by atoms with Crippen LogP contribution >= 0.6 is 11.8 Å². The van der Waals surface area contributed by atoms with E-state index >= 15 is 0 Å². The predicted octanol–water partition coefficient (Wildman–Crippen LogP) is 5.06. The van der Waals surface area contributed by atoms with Crippen molar-refractivity contribution in [3.05, 3.63) is 58.9 Å². The molecule has 31 heavy (non-hydrogen) atoms. The molecule has 164 valence electrons. The molecule has 0 spiro atoms. The molecule has 1 aliphatic rings. The van der Waals surface area contributed by atoms with Crippen molar-refractivity contribution in [1.82, 2.24) is 9.88 Å². The standard InChI is InChI=1S/C22H23F3N4OS/c1-13(2)29(16-8-7-14(3)15(4)10-16)20(30)21-28(12-26)18(11-31-21)19-17(22(23,24)25)6-5-9-27-19/h5-10,13,18,21H,11H2,1-4H3. The summed E-state index contributed by atoms with van der Waals surface area (Å²) < 4.78 is 40.5. The minimum absolute atomic E-state index is 0.156. The molecule has 1 fully saturated rings.